The molecule has 2 aromatic heterocycles. The molecule has 2 aliphatic heterocycles. The van der Waals surface area contributed by atoms with Crippen LogP contribution in [-0.4, -0.2) is 57.3 Å². The lowest BCUT2D eigenvalue weighted by Gasteiger charge is -2.30. The van der Waals surface area contributed by atoms with Gasteiger partial charge in [0.15, 0.2) is 10.9 Å². The molecule has 1 aliphatic carbocycles. The number of ether oxygens (including phenoxy) is 1. The predicted octanol–water partition coefficient (Wildman–Crippen LogP) is 6.95. The Morgan fingerprint density at radius 1 is 1.19 bits per heavy atom. The summed E-state index contributed by atoms with van der Waals surface area (Å²) in [6.45, 7) is 3.11. The number of fused-ring (bicyclic) bond motifs is 3. The molecule has 0 bridgehead atoms. The molecule has 4 aromatic rings. The Balaban J connectivity index is 1.40. The van der Waals surface area contributed by atoms with Crippen LogP contribution in [0.4, 0.5) is 37.3 Å². The molecule has 2 aromatic carbocycles. The van der Waals surface area contributed by atoms with Crippen molar-refractivity contribution in [3.05, 3.63) is 35.4 Å². The molecule has 3 fully saturated rings. The SMILES string of the molecule is CCC1CC1Nc1nc(OC[C@@]23CCCN2C[C@H](F)C3)nc2c(F)c(-c3ccc(F)c4sc(N)nc34)c(C(F)(F)F)cc12. The summed E-state index contributed by atoms with van der Waals surface area (Å²) in [4.78, 5) is 14.7. The highest BCUT2D eigenvalue weighted by atomic mass is 32.1. The highest BCUT2D eigenvalue weighted by molar-refractivity contribution is 7.22. The van der Waals surface area contributed by atoms with Crippen LogP contribution in [0.15, 0.2) is 18.2 Å². The molecule has 3 aliphatic rings. The third-order valence-corrected chi connectivity index (χ3v) is 9.89. The van der Waals surface area contributed by atoms with Crippen molar-refractivity contribution in [1.29, 1.82) is 0 Å². The maximum Gasteiger partial charge on any atom is 0.417 e. The largest absolute Gasteiger partial charge is 0.461 e. The topological polar surface area (TPSA) is 89.2 Å². The monoisotopic (exact) mass is 622 g/mol. The molecule has 0 spiro atoms. The van der Waals surface area contributed by atoms with Gasteiger partial charge in [0.05, 0.1) is 21.3 Å². The van der Waals surface area contributed by atoms with E-state index in [0.29, 0.717) is 12.5 Å². The molecule has 0 amide bonds. The maximum absolute atomic E-state index is 16.6. The molecule has 4 atom stereocenters. The third-order valence-electron chi connectivity index (χ3n) is 9.00. The van der Waals surface area contributed by atoms with E-state index in [1.165, 1.54) is 0 Å². The molecular weight excluding hydrogens is 594 g/mol. The second kappa shape index (κ2) is 10.1. The van der Waals surface area contributed by atoms with Crippen molar-refractivity contribution >= 4 is 43.4 Å². The van der Waals surface area contributed by atoms with Gasteiger partial charge in [0.1, 0.15) is 29.9 Å². The normalized spacial score (nSPS) is 25.5. The number of hydrogen-bond acceptors (Lipinski definition) is 8. The molecule has 2 unspecified atom stereocenters. The quantitative estimate of drug-likeness (QED) is 0.216. The molecule has 4 heterocycles. The molecule has 43 heavy (non-hydrogen) atoms. The Kier molecular flexibility index (Phi) is 6.65. The minimum atomic E-state index is -4.99. The summed E-state index contributed by atoms with van der Waals surface area (Å²) in [5.74, 6) is -1.68. The first-order chi connectivity index (χ1) is 20.5. The number of nitrogens with two attached hydrogens (primary N) is 1. The van der Waals surface area contributed by atoms with Crippen LogP contribution >= 0.6 is 11.3 Å². The van der Waals surface area contributed by atoms with Gasteiger partial charge >= 0.3 is 12.2 Å². The average molecular weight is 623 g/mol. The molecule has 14 heteroatoms. The van der Waals surface area contributed by atoms with Crippen LogP contribution in [-0.2, 0) is 6.18 Å². The van der Waals surface area contributed by atoms with E-state index in [4.69, 9.17) is 10.5 Å². The fourth-order valence-electron chi connectivity index (χ4n) is 6.76. The second-order valence-corrected chi connectivity index (χ2v) is 12.7. The molecule has 0 radical (unpaired) electrons. The van der Waals surface area contributed by atoms with Gasteiger partial charge in [0.2, 0.25) is 0 Å². The zero-order valence-corrected chi connectivity index (χ0v) is 23.9. The van der Waals surface area contributed by atoms with Crippen molar-refractivity contribution in [1.82, 2.24) is 19.9 Å². The molecular formula is C29H28F6N6OS. The van der Waals surface area contributed by atoms with Gasteiger partial charge in [-0.3, -0.25) is 4.90 Å². The summed E-state index contributed by atoms with van der Waals surface area (Å²) in [6.07, 6.45) is -2.44. The minimum Gasteiger partial charge on any atom is -0.461 e. The number of anilines is 2. The highest BCUT2D eigenvalue weighted by Crippen LogP contribution is 2.47. The van der Waals surface area contributed by atoms with Gasteiger partial charge < -0.3 is 15.8 Å². The van der Waals surface area contributed by atoms with E-state index in [-0.39, 0.29) is 62.7 Å². The molecule has 7 nitrogen and oxygen atoms in total. The van der Waals surface area contributed by atoms with E-state index in [9.17, 15) is 22.0 Å². The van der Waals surface area contributed by atoms with Crippen molar-refractivity contribution in [2.45, 2.75) is 63.0 Å². The van der Waals surface area contributed by atoms with Gasteiger partial charge in [-0.1, -0.05) is 24.7 Å². The Morgan fingerprint density at radius 3 is 2.74 bits per heavy atom. The number of benzene rings is 2. The van der Waals surface area contributed by atoms with E-state index >= 15 is 4.39 Å². The van der Waals surface area contributed by atoms with Crippen molar-refractivity contribution in [3.63, 3.8) is 0 Å². The first kappa shape index (κ1) is 28.4. The lowest BCUT2D eigenvalue weighted by molar-refractivity contribution is -0.137. The smallest absolute Gasteiger partial charge is 0.417 e. The summed E-state index contributed by atoms with van der Waals surface area (Å²) in [5.41, 5.74) is 2.29. The van der Waals surface area contributed by atoms with Crippen LogP contribution in [0, 0.1) is 17.6 Å². The van der Waals surface area contributed by atoms with Crippen molar-refractivity contribution in [3.8, 4) is 17.1 Å². The number of thiazole rings is 1. The average Bonchev–Trinajstić information content (AvgIpc) is 3.21. The number of aromatic nitrogens is 3. The number of nitrogen functional groups attached to an aromatic ring is 1. The summed E-state index contributed by atoms with van der Waals surface area (Å²) in [6, 6.07) is 2.57. The third kappa shape index (κ3) is 4.82. The lowest BCUT2D eigenvalue weighted by Crippen LogP contribution is -2.43. The fourth-order valence-corrected chi connectivity index (χ4v) is 7.52. The van der Waals surface area contributed by atoms with E-state index < -0.39 is 40.6 Å². The van der Waals surface area contributed by atoms with Crippen molar-refractivity contribution in [2.75, 3.05) is 30.7 Å². The molecule has 2 saturated heterocycles. The molecule has 1 saturated carbocycles. The van der Waals surface area contributed by atoms with E-state index in [0.717, 1.165) is 61.8 Å². The van der Waals surface area contributed by atoms with E-state index in [1.54, 1.807) is 0 Å². The number of nitrogens with one attached hydrogen (secondary N) is 1. The number of hydrogen-bond donors (Lipinski definition) is 2. The van der Waals surface area contributed by atoms with E-state index in [1.807, 2.05) is 11.8 Å². The van der Waals surface area contributed by atoms with Gasteiger partial charge in [0.25, 0.3) is 0 Å². The second-order valence-electron chi connectivity index (χ2n) is 11.7. The van der Waals surface area contributed by atoms with Gasteiger partial charge in [-0.25, -0.2) is 18.2 Å². The van der Waals surface area contributed by atoms with Gasteiger partial charge in [0, 0.05) is 35.5 Å². The van der Waals surface area contributed by atoms with Crippen LogP contribution in [0.1, 0.15) is 44.6 Å². The Bertz CT molecular complexity index is 1750. The van der Waals surface area contributed by atoms with Crippen LogP contribution in [0.25, 0.3) is 32.2 Å². The summed E-state index contributed by atoms with van der Waals surface area (Å²) >= 11 is 0.759. The van der Waals surface area contributed by atoms with Crippen LogP contribution < -0.4 is 15.8 Å². The zero-order valence-electron chi connectivity index (χ0n) is 23.1. The Hall–Kier alpha value is -3.39. The minimum absolute atomic E-state index is 0.0228. The number of halogens is 6. The van der Waals surface area contributed by atoms with Crippen molar-refractivity contribution < 1.29 is 31.1 Å². The fraction of sp³-hybridized carbons (Fsp3) is 0.483. The van der Waals surface area contributed by atoms with Crippen LogP contribution in [0.5, 0.6) is 6.01 Å². The maximum atomic E-state index is 16.6. The number of rotatable bonds is 7. The molecule has 7 rings (SSSR count). The van der Waals surface area contributed by atoms with Gasteiger partial charge in [-0.05, 0) is 49.9 Å². The summed E-state index contributed by atoms with van der Waals surface area (Å²) in [7, 11) is 0. The standard InChI is InChI=1S/C29H28F6N6OS/c1-2-13-8-19(13)37-25-16-9-17(29(33,34)35)20(15-4-5-18(31)24-23(15)38-26(36)43-24)21(32)22(16)39-27(40-25)42-12-28-6-3-7-41(28)11-14(30)10-28/h4-5,9,13-14,19H,2-3,6-8,10-12H2,1H3,(H2,36,38)(H,37,39,40)/t13?,14-,19?,28+/m1/s1. The lowest BCUT2D eigenvalue weighted by atomic mass is 9.95. The molecule has 228 valence electrons. The number of nitrogens with zero attached hydrogens (tertiary/aromatic N) is 4. The summed E-state index contributed by atoms with van der Waals surface area (Å²) in [5, 5.41) is 2.94. The Labute approximate surface area is 246 Å². The van der Waals surface area contributed by atoms with Gasteiger partial charge in [-0.2, -0.15) is 23.1 Å². The Morgan fingerprint density at radius 2 is 2.00 bits per heavy atom. The zero-order chi connectivity index (χ0) is 30.3. The van der Waals surface area contributed by atoms with Crippen molar-refractivity contribution in [2.24, 2.45) is 5.92 Å². The first-order valence-corrected chi connectivity index (χ1v) is 15.0. The van der Waals surface area contributed by atoms with Gasteiger partial charge in [-0.15, -0.1) is 0 Å². The van der Waals surface area contributed by atoms with Crippen LogP contribution in [0.2, 0.25) is 0 Å². The first-order valence-electron chi connectivity index (χ1n) is 14.2. The van der Waals surface area contributed by atoms with E-state index in [2.05, 4.69) is 20.3 Å². The van der Waals surface area contributed by atoms with Crippen LogP contribution in [0.3, 0.4) is 0 Å². The molecule has 3 N–H and O–H groups in total. The number of alkyl halides is 4. The predicted molar refractivity (Wildman–Crippen MR) is 152 cm³/mol. The summed E-state index contributed by atoms with van der Waals surface area (Å²) < 4.78 is 95.1. The highest BCUT2D eigenvalue weighted by Gasteiger charge is 2.49.